The van der Waals surface area contributed by atoms with Gasteiger partial charge in [0.25, 0.3) is 5.91 Å². The van der Waals surface area contributed by atoms with Gasteiger partial charge >= 0.3 is 0 Å². The summed E-state index contributed by atoms with van der Waals surface area (Å²) in [5.41, 5.74) is 7.02. The van der Waals surface area contributed by atoms with Crippen LogP contribution in [-0.4, -0.2) is 31.0 Å². The molecule has 4 nitrogen and oxygen atoms in total. The zero-order chi connectivity index (χ0) is 14.5. The van der Waals surface area contributed by atoms with Gasteiger partial charge in [-0.3, -0.25) is 4.79 Å². The van der Waals surface area contributed by atoms with Crippen LogP contribution in [0.4, 0.5) is 5.69 Å². The predicted molar refractivity (Wildman–Crippen MR) is 81.0 cm³/mol. The highest BCUT2D eigenvalue weighted by Crippen LogP contribution is 2.25. The number of nitrogen functional groups attached to an aromatic ring is 1. The lowest BCUT2D eigenvalue weighted by atomic mass is 10.1. The van der Waals surface area contributed by atoms with Crippen molar-refractivity contribution in [2.24, 2.45) is 0 Å². The van der Waals surface area contributed by atoms with E-state index in [9.17, 15) is 4.79 Å². The molecule has 0 atom stereocenters. The van der Waals surface area contributed by atoms with Crippen molar-refractivity contribution in [1.82, 2.24) is 4.90 Å². The van der Waals surface area contributed by atoms with Crippen molar-refractivity contribution in [2.75, 3.05) is 19.9 Å². The summed E-state index contributed by atoms with van der Waals surface area (Å²) in [6.07, 6.45) is 7.21. The van der Waals surface area contributed by atoms with E-state index >= 15 is 0 Å². The van der Waals surface area contributed by atoms with E-state index in [0.29, 0.717) is 23.0 Å². The average molecular weight is 276 g/mol. The number of nitrogens with zero attached hydrogens (tertiary/aromatic N) is 1. The Balaban J connectivity index is 2.11. The lowest BCUT2D eigenvalue weighted by Crippen LogP contribution is -2.36. The maximum atomic E-state index is 12.5. The van der Waals surface area contributed by atoms with Gasteiger partial charge in [-0.25, -0.2) is 0 Å². The van der Waals surface area contributed by atoms with E-state index in [4.69, 9.17) is 10.5 Å². The Morgan fingerprint density at radius 2 is 1.90 bits per heavy atom. The predicted octanol–water partition coefficient (Wildman–Crippen LogP) is 3.07. The highest BCUT2D eigenvalue weighted by atomic mass is 16.5. The highest BCUT2D eigenvalue weighted by Gasteiger charge is 2.22. The Kier molecular flexibility index (Phi) is 4.88. The van der Waals surface area contributed by atoms with E-state index in [-0.39, 0.29) is 5.91 Å². The number of benzene rings is 1. The van der Waals surface area contributed by atoms with E-state index in [2.05, 4.69) is 0 Å². The number of ether oxygens (including phenoxy) is 1. The molecule has 0 bridgehead atoms. The molecule has 0 unspecified atom stereocenters. The summed E-state index contributed by atoms with van der Waals surface area (Å²) >= 11 is 0. The molecule has 2 N–H and O–H groups in total. The summed E-state index contributed by atoms with van der Waals surface area (Å²) in [4.78, 5) is 14.4. The molecule has 1 fully saturated rings. The monoisotopic (exact) mass is 276 g/mol. The number of carbonyl (C=O) groups is 1. The van der Waals surface area contributed by atoms with Gasteiger partial charge in [-0.05, 0) is 31.0 Å². The van der Waals surface area contributed by atoms with Crippen LogP contribution in [0.25, 0.3) is 0 Å². The van der Waals surface area contributed by atoms with Crippen LogP contribution in [0.5, 0.6) is 5.75 Å². The first-order chi connectivity index (χ1) is 9.63. The molecule has 1 aromatic carbocycles. The molecule has 0 aromatic heterocycles. The third-order valence-corrected chi connectivity index (χ3v) is 4.17. The zero-order valence-corrected chi connectivity index (χ0v) is 12.4. The lowest BCUT2D eigenvalue weighted by molar-refractivity contribution is 0.0717. The molecule has 2 rings (SSSR count). The van der Waals surface area contributed by atoms with Crippen molar-refractivity contribution >= 4 is 11.6 Å². The van der Waals surface area contributed by atoms with E-state index < -0.39 is 0 Å². The minimum atomic E-state index is 0.0475. The van der Waals surface area contributed by atoms with Crippen LogP contribution in [0.2, 0.25) is 0 Å². The molecule has 0 heterocycles. The van der Waals surface area contributed by atoms with E-state index in [1.54, 1.807) is 25.3 Å². The van der Waals surface area contributed by atoms with Crippen molar-refractivity contribution in [3.63, 3.8) is 0 Å². The number of nitrogens with two attached hydrogens (primary N) is 1. The smallest absolute Gasteiger partial charge is 0.253 e. The molecule has 1 amide bonds. The van der Waals surface area contributed by atoms with Crippen LogP contribution < -0.4 is 10.5 Å². The van der Waals surface area contributed by atoms with E-state index in [1.165, 1.54) is 25.7 Å². The van der Waals surface area contributed by atoms with Gasteiger partial charge in [0.05, 0.1) is 12.8 Å². The Hall–Kier alpha value is -1.71. The first-order valence-corrected chi connectivity index (χ1v) is 7.34. The minimum Gasteiger partial charge on any atom is -0.495 e. The molecule has 1 saturated carbocycles. The molecule has 0 saturated heterocycles. The molecule has 20 heavy (non-hydrogen) atoms. The Labute approximate surface area is 120 Å². The highest BCUT2D eigenvalue weighted by molar-refractivity contribution is 5.95. The molecule has 1 aliphatic carbocycles. The lowest BCUT2D eigenvalue weighted by Gasteiger charge is -2.27. The number of anilines is 1. The van der Waals surface area contributed by atoms with E-state index in [0.717, 1.165) is 12.8 Å². The molecule has 110 valence electrons. The van der Waals surface area contributed by atoms with Gasteiger partial charge in [0.1, 0.15) is 5.75 Å². The van der Waals surface area contributed by atoms with E-state index in [1.807, 2.05) is 11.9 Å². The number of methoxy groups -OCH3 is 1. The molecular formula is C16H24N2O2. The number of hydrogen-bond donors (Lipinski definition) is 1. The molecule has 1 aromatic rings. The first kappa shape index (κ1) is 14.7. The van der Waals surface area contributed by atoms with Crippen molar-refractivity contribution in [1.29, 1.82) is 0 Å². The Morgan fingerprint density at radius 3 is 2.45 bits per heavy atom. The summed E-state index contributed by atoms with van der Waals surface area (Å²) in [5.74, 6) is 0.657. The van der Waals surface area contributed by atoms with Crippen molar-refractivity contribution < 1.29 is 9.53 Å². The molecule has 1 aliphatic rings. The van der Waals surface area contributed by atoms with Crippen LogP contribution >= 0.6 is 0 Å². The maximum Gasteiger partial charge on any atom is 0.253 e. The van der Waals surface area contributed by atoms with Gasteiger partial charge in [0.15, 0.2) is 0 Å². The molecule has 4 heteroatoms. The minimum absolute atomic E-state index is 0.0475. The van der Waals surface area contributed by atoms with Crippen LogP contribution in [0.1, 0.15) is 48.9 Å². The van der Waals surface area contributed by atoms with Gasteiger partial charge in [-0.15, -0.1) is 0 Å². The van der Waals surface area contributed by atoms with Crippen molar-refractivity contribution in [3.8, 4) is 5.75 Å². The zero-order valence-electron chi connectivity index (χ0n) is 12.4. The summed E-state index contributed by atoms with van der Waals surface area (Å²) in [5, 5.41) is 0. The number of amides is 1. The van der Waals surface area contributed by atoms with Crippen LogP contribution in [0, 0.1) is 0 Å². The molecular weight excluding hydrogens is 252 g/mol. The molecule has 0 aliphatic heterocycles. The maximum absolute atomic E-state index is 12.5. The average Bonchev–Trinajstić information content (AvgIpc) is 2.74. The number of carbonyl (C=O) groups excluding carboxylic acids is 1. The normalized spacial score (nSPS) is 16.5. The molecule has 0 spiro atoms. The fourth-order valence-electron chi connectivity index (χ4n) is 2.88. The third-order valence-electron chi connectivity index (χ3n) is 4.17. The first-order valence-electron chi connectivity index (χ1n) is 7.34. The topological polar surface area (TPSA) is 55.6 Å². The van der Waals surface area contributed by atoms with Crippen LogP contribution in [0.3, 0.4) is 0 Å². The van der Waals surface area contributed by atoms with Gasteiger partial charge in [0, 0.05) is 18.7 Å². The largest absolute Gasteiger partial charge is 0.495 e. The Bertz CT molecular complexity index is 466. The summed E-state index contributed by atoms with van der Waals surface area (Å²) in [6, 6.07) is 5.59. The second kappa shape index (κ2) is 6.64. The van der Waals surface area contributed by atoms with Gasteiger partial charge in [-0.1, -0.05) is 25.7 Å². The summed E-state index contributed by atoms with van der Waals surface area (Å²) in [6.45, 7) is 0. The Morgan fingerprint density at radius 1 is 1.25 bits per heavy atom. The van der Waals surface area contributed by atoms with Gasteiger partial charge in [0.2, 0.25) is 0 Å². The second-order valence-corrected chi connectivity index (χ2v) is 5.52. The van der Waals surface area contributed by atoms with Crippen LogP contribution in [0.15, 0.2) is 18.2 Å². The van der Waals surface area contributed by atoms with Crippen molar-refractivity contribution in [3.05, 3.63) is 23.8 Å². The third kappa shape index (κ3) is 3.24. The molecule has 0 radical (unpaired) electrons. The summed E-state index contributed by atoms with van der Waals surface area (Å²) in [7, 11) is 3.48. The van der Waals surface area contributed by atoms with Crippen molar-refractivity contribution in [2.45, 2.75) is 44.6 Å². The van der Waals surface area contributed by atoms with Crippen LogP contribution in [-0.2, 0) is 0 Å². The quantitative estimate of drug-likeness (QED) is 0.682. The fraction of sp³-hybridized carbons (Fsp3) is 0.562. The SMILES string of the molecule is COc1ccc(C(=O)N(C)C2CCCCCC2)cc1N. The number of hydrogen-bond acceptors (Lipinski definition) is 3. The van der Waals surface area contributed by atoms with Gasteiger partial charge < -0.3 is 15.4 Å². The number of rotatable bonds is 3. The summed E-state index contributed by atoms with van der Waals surface area (Å²) < 4.78 is 5.12. The second-order valence-electron chi connectivity index (χ2n) is 5.52. The fourth-order valence-corrected chi connectivity index (χ4v) is 2.88. The standard InChI is InChI=1S/C16H24N2O2/c1-18(13-7-5-3-4-6-8-13)16(19)12-9-10-15(20-2)14(17)11-12/h9-11,13H,3-8,17H2,1-2H3. The van der Waals surface area contributed by atoms with Gasteiger partial charge in [-0.2, -0.15) is 0 Å².